The Morgan fingerprint density at radius 2 is 1.94 bits per heavy atom. The van der Waals surface area contributed by atoms with Crippen LogP contribution in [0.4, 0.5) is 4.79 Å². The third-order valence-electron chi connectivity index (χ3n) is 5.50. The van der Waals surface area contributed by atoms with E-state index in [4.69, 9.17) is 14.0 Å². The number of halogens is 1. The minimum absolute atomic E-state index is 0.0611. The number of aromatic nitrogens is 1. The average molecular weight is 513 g/mol. The molecule has 3 unspecified atom stereocenters. The third kappa shape index (κ3) is 5.82. The van der Waals surface area contributed by atoms with Crippen LogP contribution in [0.25, 0.3) is 0 Å². The lowest BCUT2D eigenvalue weighted by Crippen LogP contribution is -2.40. The van der Waals surface area contributed by atoms with Crippen molar-refractivity contribution < 1.29 is 23.6 Å². The number of amides is 2. The number of carbonyl (C=O) groups is 2. The van der Waals surface area contributed by atoms with E-state index in [0.717, 1.165) is 16.9 Å². The molecule has 3 atom stereocenters. The summed E-state index contributed by atoms with van der Waals surface area (Å²) in [6, 6.07) is 18.7. The van der Waals surface area contributed by atoms with E-state index >= 15 is 0 Å². The van der Waals surface area contributed by atoms with Gasteiger partial charge in [0.2, 0.25) is 5.91 Å². The number of rotatable bonds is 9. The molecule has 2 aromatic carbocycles. The molecule has 1 aliphatic heterocycles. The maximum Gasteiger partial charge on any atom is 0.416 e. The maximum atomic E-state index is 13.3. The molecule has 0 radical (unpaired) electrons. The fourth-order valence-corrected chi connectivity index (χ4v) is 4.01. The maximum absolute atomic E-state index is 13.3. The normalized spacial score (nSPS) is 17.5. The van der Waals surface area contributed by atoms with Crippen LogP contribution in [-0.2, 0) is 16.0 Å². The molecule has 172 valence electrons. The van der Waals surface area contributed by atoms with Crippen LogP contribution in [0.2, 0.25) is 0 Å². The SMILES string of the molecule is CC(Br)COc1ccc(C(CC(=O)N2C(=O)OCC2Cc2ccccc2)c2ccon2)cc1. The number of carbonyl (C=O) groups excluding carboxylic acids is 2. The zero-order valence-corrected chi connectivity index (χ0v) is 19.8. The van der Waals surface area contributed by atoms with Gasteiger partial charge in [-0.3, -0.25) is 4.79 Å². The lowest BCUT2D eigenvalue weighted by Gasteiger charge is -2.22. The van der Waals surface area contributed by atoms with Gasteiger partial charge in [0.25, 0.3) is 0 Å². The van der Waals surface area contributed by atoms with Gasteiger partial charge >= 0.3 is 6.09 Å². The van der Waals surface area contributed by atoms with Crippen LogP contribution >= 0.6 is 15.9 Å². The first-order valence-corrected chi connectivity index (χ1v) is 11.7. The molecule has 7 nitrogen and oxygen atoms in total. The van der Waals surface area contributed by atoms with Gasteiger partial charge in [-0.25, -0.2) is 9.69 Å². The van der Waals surface area contributed by atoms with Crippen molar-refractivity contribution in [1.29, 1.82) is 0 Å². The smallest absolute Gasteiger partial charge is 0.416 e. The number of nitrogens with zero attached hydrogens (tertiary/aromatic N) is 2. The Balaban J connectivity index is 1.51. The second-order valence-corrected chi connectivity index (χ2v) is 9.59. The Hall–Kier alpha value is -3.13. The summed E-state index contributed by atoms with van der Waals surface area (Å²) in [6.45, 7) is 2.74. The van der Waals surface area contributed by atoms with Crippen LogP contribution in [0.3, 0.4) is 0 Å². The van der Waals surface area contributed by atoms with Gasteiger partial charge in [0.1, 0.15) is 25.2 Å². The largest absolute Gasteiger partial charge is 0.492 e. The summed E-state index contributed by atoms with van der Waals surface area (Å²) < 4.78 is 16.0. The Morgan fingerprint density at radius 1 is 1.18 bits per heavy atom. The van der Waals surface area contributed by atoms with Crippen molar-refractivity contribution >= 4 is 27.9 Å². The molecule has 0 spiro atoms. The highest BCUT2D eigenvalue weighted by Gasteiger charge is 2.39. The average Bonchev–Trinajstić information content (AvgIpc) is 3.47. The number of hydrogen-bond donors (Lipinski definition) is 0. The molecule has 1 aromatic heterocycles. The second kappa shape index (κ2) is 10.7. The van der Waals surface area contributed by atoms with E-state index in [1.807, 2.05) is 61.5 Å². The third-order valence-corrected chi connectivity index (χ3v) is 5.76. The van der Waals surface area contributed by atoms with Gasteiger partial charge < -0.3 is 14.0 Å². The minimum Gasteiger partial charge on any atom is -0.492 e. The fraction of sp³-hybridized carbons (Fsp3) is 0.320. The van der Waals surface area contributed by atoms with Gasteiger partial charge in [-0.15, -0.1) is 0 Å². The Kier molecular flexibility index (Phi) is 7.44. The molecular weight excluding hydrogens is 488 g/mol. The topological polar surface area (TPSA) is 81.9 Å². The monoisotopic (exact) mass is 512 g/mol. The molecule has 1 saturated heterocycles. The van der Waals surface area contributed by atoms with Crippen molar-refractivity contribution in [2.45, 2.75) is 36.6 Å². The summed E-state index contributed by atoms with van der Waals surface area (Å²) in [7, 11) is 0. The molecule has 0 bridgehead atoms. The number of alkyl halides is 1. The van der Waals surface area contributed by atoms with Gasteiger partial charge in [0.05, 0.1) is 11.7 Å². The summed E-state index contributed by atoms with van der Waals surface area (Å²) in [5.74, 6) is 0.0624. The van der Waals surface area contributed by atoms with Crippen molar-refractivity contribution in [1.82, 2.24) is 10.1 Å². The van der Waals surface area contributed by atoms with Gasteiger partial charge in [-0.2, -0.15) is 0 Å². The lowest BCUT2D eigenvalue weighted by molar-refractivity contribution is -0.129. The molecule has 4 rings (SSSR count). The zero-order chi connectivity index (χ0) is 23.2. The van der Waals surface area contributed by atoms with Gasteiger partial charge in [0, 0.05) is 23.2 Å². The molecule has 0 N–H and O–H groups in total. The molecule has 3 aromatic rings. The fourth-order valence-electron chi connectivity index (χ4n) is 3.88. The molecule has 0 saturated carbocycles. The van der Waals surface area contributed by atoms with E-state index in [1.54, 1.807) is 6.07 Å². The highest BCUT2D eigenvalue weighted by atomic mass is 79.9. The van der Waals surface area contributed by atoms with Crippen molar-refractivity contribution in [2.24, 2.45) is 0 Å². The summed E-state index contributed by atoms with van der Waals surface area (Å²) in [6.07, 6.45) is 1.48. The predicted octanol–water partition coefficient (Wildman–Crippen LogP) is 4.95. The summed E-state index contributed by atoms with van der Waals surface area (Å²) in [5.41, 5.74) is 2.54. The summed E-state index contributed by atoms with van der Waals surface area (Å²) in [4.78, 5) is 27.2. The molecule has 1 fully saturated rings. The van der Waals surface area contributed by atoms with Crippen LogP contribution in [0.1, 0.15) is 36.1 Å². The van der Waals surface area contributed by atoms with Crippen molar-refractivity contribution in [3.8, 4) is 5.75 Å². The first-order chi connectivity index (χ1) is 16.0. The number of benzene rings is 2. The van der Waals surface area contributed by atoms with Crippen molar-refractivity contribution in [3.05, 3.63) is 83.7 Å². The lowest BCUT2D eigenvalue weighted by atomic mass is 9.91. The van der Waals surface area contributed by atoms with Crippen LogP contribution in [0.5, 0.6) is 5.75 Å². The second-order valence-electron chi connectivity index (χ2n) is 8.03. The quantitative estimate of drug-likeness (QED) is 0.377. The molecule has 2 heterocycles. The van der Waals surface area contributed by atoms with Crippen molar-refractivity contribution in [3.63, 3.8) is 0 Å². The molecule has 1 aliphatic rings. The summed E-state index contributed by atoms with van der Waals surface area (Å²) >= 11 is 3.46. The van der Waals surface area contributed by atoms with Crippen molar-refractivity contribution in [2.75, 3.05) is 13.2 Å². The van der Waals surface area contributed by atoms with E-state index in [0.29, 0.717) is 18.7 Å². The van der Waals surface area contributed by atoms with Gasteiger partial charge in [-0.05, 0) is 36.6 Å². The molecule has 8 heteroatoms. The molecular formula is C25H25BrN2O5. The van der Waals surface area contributed by atoms with E-state index in [2.05, 4.69) is 21.1 Å². The van der Waals surface area contributed by atoms with Crippen LogP contribution in [0.15, 0.2) is 71.4 Å². The highest BCUT2D eigenvalue weighted by Crippen LogP contribution is 2.31. The first kappa shape index (κ1) is 23.0. The standard InChI is InChI=1S/C25H25BrN2O5/c1-17(26)15-31-21-9-7-19(8-10-21)22(23-11-12-33-27-23)14-24(29)28-20(16-32-25(28)30)13-18-5-3-2-4-6-18/h2-12,17,20,22H,13-16H2,1H3. The molecule has 0 aliphatic carbocycles. The Morgan fingerprint density at radius 3 is 2.61 bits per heavy atom. The van der Waals surface area contributed by atoms with E-state index in [1.165, 1.54) is 11.2 Å². The Labute approximate surface area is 200 Å². The van der Waals surface area contributed by atoms with Crippen LogP contribution in [-0.4, -0.2) is 46.1 Å². The highest BCUT2D eigenvalue weighted by molar-refractivity contribution is 9.09. The zero-order valence-electron chi connectivity index (χ0n) is 18.2. The van der Waals surface area contributed by atoms with Gasteiger partial charge in [-0.1, -0.05) is 63.6 Å². The van der Waals surface area contributed by atoms with E-state index in [9.17, 15) is 9.59 Å². The number of cyclic esters (lactones) is 1. The number of hydrogen-bond acceptors (Lipinski definition) is 6. The number of ether oxygens (including phenoxy) is 2. The Bertz CT molecular complexity index is 1050. The van der Waals surface area contributed by atoms with Gasteiger partial charge in [0.15, 0.2) is 0 Å². The minimum atomic E-state index is -0.604. The van der Waals surface area contributed by atoms with Crippen LogP contribution in [0, 0.1) is 0 Å². The van der Waals surface area contributed by atoms with Crippen LogP contribution < -0.4 is 4.74 Å². The molecule has 2 amide bonds. The number of imide groups is 1. The van der Waals surface area contributed by atoms with E-state index in [-0.39, 0.29) is 35.7 Å². The molecule has 33 heavy (non-hydrogen) atoms. The first-order valence-electron chi connectivity index (χ1n) is 10.8. The predicted molar refractivity (Wildman–Crippen MR) is 125 cm³/mol. The summed E-state index contributed by atoms with van der Waals surface area (Å²) in [5, 5.41) is 4.06. The van der Waals surface area contributed by atoms with E-state index < -0.39 is 6.09 Å².